The van der Waals surface area contributed by atoms with E-state index in [1.54, 1.807) is 0 Å². The number of carbonyl (C=O) groups excluding carboxylic acids is 1. The van der Waals surface area contributed by atoms with Gasteiger partial charge in [-0.3, -0.25) is 5.10 Å². The highest BCUT2D eigenvalue weighted by atomic mass is 16.6. The van der Waals surface area contributed by atoms with Gasteiger partial charge >= 0.3 is 6.09 Å². The summed E-state index contributed by atoms with van der Waals surface area (Å²) >= 11 is 0. The molecule has 2 atom stereocenters. The van der Waals surface area contributed by atoms with Gasteiger partial charge in [0.1, 0.15) is 5.60 Å². The van der Waals surface area contributed by atoms with Gasteiger partial charge in [0.2, 0.25) is 0 Å². The third-order valence-electron chi connectivity index (χ3n) is 4.56. The molecule has 0 bridgehead atoms. The van der Waals surface area contributed by atoms with Crippen LogP contribution >= 0.6 is 0 Å². The third-order valence-corrected chi connectivity index (χ3v) is 4.56. The molecule has 6 heteroatoms. The summed E-state index contributed by atoms with van der Waals surface area (Å²) in [5.41, 5.74) is 2.12. The van der Waals surface area contributed by atoms with Gasteiger partial charge in [-0.25, -0.2) is 4.79 Å². The van der Waals surface area contributed by atoms with Gasteiger partial charge in [-0.15, -0.1) is 0 Å². The Balaban J connectivity index is 1.59. The molecule has 2 heterocycles. The molecule has 1 amide bonds. The SMILES string of the molecule is CC(C)(C)OC(=O)N1CCC[C@H](NC2CCCc3[nH]ncc32)C1. The number of fused-ring (bicyclic) bond motifs is 1. The Hall–Kier alpha value is -1.56. The van der Waals surface area contributed by atoms with Crippen LogP contribution in [0.4, 0.5) is 4.79 Å². The summed E-state index contributed by atoms with van der Waals surface area (Å²) in [4.78, 5) is 14.1. The minimum atomic E-state index is -0.438. The van der Waals surface area contributed by atoms with Gasteiger partial charge in [0, 0.05) is 36.4 Å². The van der Waals surface area contributed by atoms with Crippen molar-refractivity contribution in [3.8, 4) is 0 Å². The van der Waals surface area contributed by atoms with E-state index in [0.29, 0.717) is 12.1 Å². The Morgan fingerprint density at radius 3 is 3.00 bits per heavy atom. The first-order chi connectivity index (χ1) is 10.9. The number of rotatable bonds is 2. The van der Waals surface area contributed by atoms with Crippen LogP contribution in [0.15, 0.2) is 6.20 Å². The summed E-state index contributed by atoms with van der Waals surface area (Å²) in [5, 5.41) is 11.0. The maximum absolute atomic E-state index is 12.3. The molecular weight excluding hydrogens is 292 g/mol. The zero-order chi connectivity index (χ0) is 16.4. The van der Waals surface area contributed by atoms with Gasteiger partial charge in [-0.05, 0) is 52.9 Å². The molecule has 1 fully saturated rings. The van der Waals surface area contributed by atoms with Crippen LogP contribution < -0.4 is 5.32 Å². The molecule has 1 aromatic heterocycles. The van der Waals surface area contributed by atoms with E-state index in [1.165, 1.54) is 17.7 Å². The molecule has 1 aromatic rings. The Bertz CT molecular complexity index is 549. The fourth-order valence-electron chi connectivity index (χ4n) is 3.52. The molecule has 0 spiro atoms. The lowest BCUT2D eigenvalue weighted by molar-refractivity contribution is 0.0182. The lowest BCUT2D eigenvalue weighted by atomic mass is 9.92. The highest BCUT2D eigenvalue weighted by Gasteiger charge is 2.30. The first-order valence-corrected chi connectivity index (χ1v) is 8.68. The van der Waals surface area contributed by atoms with Gasteiger partial charge in [0.05, 0.1) is 6.20 Å². The number of ether oxygens (including phenoxy) is 1. The molecule has 23 heavy (non-hydrogen) atoms. The quantitative estimate of drug-likeness (QED) is 0.879. The van der Waals surface area contributed by atoms with E-state index in [0.717, 1.165) is 38.8 Å². The molecule has 2 aliphatic rings. The Kier molecular flexibility index (Phi) is 4.62. The van der Waals surface area contributed by atoms with Crippen LogP contribution in [-0.2, 0) is 11.2 Å². The second kappa shape index (κ2) is 6.51. The second-order valence-corrected chi connectivity index (χ2v) is 7.68. The highest BCUT2D eigenvalue weighted by molar-refractivity contribution is 5.68. The first-order valence-electron chi connectivity index (χ1n) is 8.68. The summed E-state index contributed by atoms with van der Waals surface area (Å²) in [6, 6.07) is 0.670. The van der Waals surface area contributed by atoms with Crippen molar-refractivity contribution in [3.63, 3.8) is 0 Å². The van der Waals surface area contributed by atoms with Gasteiger partial charge in [-0.1, -0.05) is 0 Å². The number of aromatic nitrogens is 2. The van der Waals surface area contributed by atoms with Crippen LogP contribution in [0.5, 0.6) is 0 Å². The van der Waals surface area contributed by atoms with E-state index in [2.05, 4.69) is 15.5 Å². The minimum absolute atomic E-state index is 0.198. The highest BCUT2D eigenvalue weighted by Crippen LogP contribution is 2.29. The lowest BCUT2D eigenvalue weighted by Crippen LogP contribution is -2.50. The zero-order valence-corrected chi connectivity index (χ0v) is 14.4. The maximum Gasteiger partial charge on any atom is 0.410 e. The summed E-state index contributed by atoms with van der Waals surface area (Å²) in [5.74, 6) is 0. The van der Waals surface area contributed by atoms with Gasteiger partial charge in [0.25, 0.3) is 0 Å². The molecule has 3 rings (SSSR count). The zero-order valence-electron chi connectivity index (χ0n) is 14.4. The number of aryl methyl sites for hydroxylation is 1. The summed E-state index contributed by atoms with van der Waals surface area (Å²) in [6.45, 7) is 7.24. The molecule has 1 aliphatic heterocycles. The van der Waals surface area contributed by atoms with Crippen molar-refractivity contribution in [2.75, 3.05) is 13.1 Å². The van der Waals surface area contributed by atoms with Crippen molar-refractivity contribution in [1.82, 2.24) is 20.4 Å². The van der Waals surface area contributed by atoms with E-state index < -0.39 is 5.60 Å². The Morgan fingerprint density at radius 1 is 1.39 bits per heavy atom. The number of aromatic amines is 1. The maximum atomic E-state index is 12.3. The molecule has 6 nitrogen and oxygen atoms in total. The molecule has 1 aliphatic carbocycles. The predicted molar refractivity (Wildman–Crippen MR) is 88.2 cm³/mol. The number of hydrogen-bond donors (Lipinski definition) is 2. The number of H-pyrrole nitrogens is 1. The molecular formula is C17H28N4O2. The number of nitrogens with one attached hydrogen (secondary N) is 2. The number of hydrogen-bond acceptors (Lipinski definition) is 4. The van der Waals surface area contributed by atoms with Gasteiger partial charge in [-0.2, -0.15) is 5.10 Å². The summed E-state index contributed by atoms with van der Waals surface area (Å²) in [6.07, 6.45) is 7.26. The van der Waals surface area contributed by atoms with Crippen LogP contribution in [0.25, 0.3) is 0 Å². The van der Waals surface area contributed by atoms with E-state index in [4.69, 9.17) is 4.74 Å². The van der Waals surface area contributed by atoms with Crippen molar-refractivity contribution >= 4 is 6.09 Å². The average Bonchev–Trinajstić information content (AvgIpc) is 2.95. The Morgan fingerprint density at radius 2 is 2.22 bits per heavy atom. The lowest BCUT2D eigenvalue weighted by Gasteiger charge is -2.37. The average molecular weight is 320 g/mol. The number of nitrogens with zero attached hydrogens (tertiary/aromatic N) is 2. The van der Waals surface area contributed by atoms with Crippen LogP contribution in [0.1, 0.15) is 63.8 Å². The summed E-state index contributed by atoms with van der Waals surface area (Å²) < 4.78 is 5.50. The number of carbonyl (C=O) groups is 1. The monoisotopic (exact) mass is 320 g/mol. The number of likely N-dealkylation sites (tertiary alicyclic amines) is 1. The third kappa shape index (κ3) is 4.05. The molecule has 2 N–H and O–H groups in total. The normalized spacial score (nSPS) is 25.1. The van der Waals surface area contributed by atoms with E-state index in [-0.39, 0.29) is 6.09 Å². The van der Waals surface area contributed by atoms with Crippen LogP contribution in [0.3, 0.4) is 0 Å². The van der Waals surface area contributed by atoms with E-state index >= 15 is 0 Å². The largest absolute Gasteiger partial charge is 0.444 e. The van der Waals surface area contributed by atoms with Crippen molar-refractivity contribution in [3.05, 3.63) is 17.5 Å². The standard InChI is InChI=1S/C17H28N4O2/c1-17(2,3)23-16(22)21-9-5-6-12(11-21)19-14-7-4-8-15-13(14)10-18-20-15/h10,12,14,19H,4-9,11H2,1-3H3,(H,18,20)/t12-,14?/m0/s1. The van der Waals surface area contributed by atoms with Gasteiger partial charge < -0.3 is 15.0 Å². The summed E-state index contributed by atoms with van der Waals surface area (Å²) in [7, 11) is 0. The minimum Gasteiger partial charge on any atom is -0.444 e. The van der Waals surface area contributed by atoms with Crippen molar-refractivity contribution < 1.29 is 9.53 Å². The van der Waals surface area contributed by atoms with Crippen molar-refractivity contribution in [1.29, 1.82) is 0 Å². The van der Waals surface area contributed by atoms with E-state index in [9.17, 15) is 4.79 Å². The van der Waals surface area contributed by atoms with Crippen molar-refractivity contribution in [2.24, 2.45) is 0 Å². The van der Waals surface area contributed by atoms with Gasteiger partial charge in [0.15, 0.2) is 0 Å². The topological polar surface area (TPSA) is 70.2 Å². The number of amides is 1. The molecule has 128 valence electrons. The van der Waals surface area contributed by atoms with Crippen molar-refractivity contribution in [2.45, 2.75) is 70.6 Å². The molecule has 0 aromatic carbocycles. The fraction of sp³-hybridized carbons (Fsp3) is 0.765. The number of piperidine rings is 1. The molecule has 0 saturated carbocycles. The predicted octanol–water partition coefficient (Wildman–Crippen LogP) is 2.78. The molecule has 1 unspecified atom stereocenters. The smallest absolute Gasteiger partial charge is 0.410 e. The fourth-order valence-corrected chi connectivity index (χ4v) is 3.52. The second-order valence-electron chi connectivity index (χ2n) is 7.68. The van der Waals surface area contributed by atoms with Crippen LogP contribution in [0.2, 0.25) is 0 Å². The molecule has 0 radical (unpaired) electrons. The van der Waals surface area contributed by atoms with Crippen LogP contribution in [-0.4, -0.2) is 45.9 Å². The molecule has 1 saturated heterocycles. The van der Waals surface area contributed by atoms with Crippen LogP contribution in [0, 0.1) is 0 Å². The van der Waals surface area contributed by atoms with E-state index in [1.807, 2.05) is 31.9 Å². The Labute approximate surface area is 138 Å². The first kappa shape index (κ1) is 16.3.